The third kappa shape index (κ3) is 4.50. The molecule has 35 heavy (non-hydrogen) atoms. The molecule has 3 aromatic rings. The van der Waals surface area contributed by atoms with Crippen molar-refractivity contribution in [2.24, 2.45) is 17.8 Å². The summed E-state index contributed by atoms with van der Waals surface area (Å²) in [5.41, 5.74) is 1.38. The molecule has 1 saturated heterocycles. The molecule has 3 aromatic heterocycles. The number of ether oxygens (including phenoxy) is 1. The summed E-state index contributed by atoms with van der Waals surface area (Å²) in [5.74, 6) is -4.21. The lowest BCUT2D eigenvalue weighted by Gasteiger charge is -2.39. The molecule has 6 nitrogen and oxygen atoms in total. The maximum absolute atomic E-state index is 14.4. The largest absolute Gasteiger partial charge is 0.483 e. The Kier molecular flexibility index (Phi) is 5.79. The predicted molar refractivity (Wildman–Crippen MR) is 114 cm³/mol. The van der Waals surface area contributed by atoms with E-state index in [9.17, 15) is 26.3 Å². The van der Waals surface area contributed by atoms with Crippen LogP contribution in [0.25, 0.3) is 5.65 Å². The number of rotatable bonds is 6. The zero-order valence-corrected chi connectivity index (χ0v) is 18.8. The van der Waals surface area contributed by atoms with E-state index in [1.165, 1.54) is 29.0 Å². The second-order valence-electron chi connectivity index (χ2n) is 9.31. The van der Waals surface area contributed by atoms with Crippen LogP contribution >= 0.6 is 0 Å². The van der Waals surface area contributed by atoms with E-state index in [1.54, 1.807) is 6.07 Å². The van der Waals surface area contributed by atoms with Gasteiger partial charge in [-0.1, -0.05) is 0 Å². The number of alkyl halides is 5. The highest BCUT2D eigenvalue weighted by Gasteiger charge is 2.58. The summed E-state index contributed by atoms with van der Waals surface area (Å²) in [6, 6.07) is 4.48. The fourth-order valence-electron chi connectivity index (χ4n) is 5.22. The SMILES string of the molecule is Cc1cc(N2C[C@H]3CC[C@@H](C2)C3Cc2nc3c(OCC(F)(F)C(F)(F)F)cccn3n2)c(F)cn1. The number of hydrogen-bond donors (Lipinski definition) is 0. The Morgan fingerprint density at radius 2 is 1.83 bits per heavy atom. The Labute approximate surface area is 196 Å². The molecule has 2 bridgehead atoms. The van der Waals surface area contributed by atoms with Crippen LogP contribution in [-0.4, -0.2) is 51.4 Å². The second-order valence-corrected chi connectivity index (χ2v) is 9.31. The van der Waals surface area contributed by atoms with E-state index in [0.29, 0.717) is 42.9 Å². The second kappa shape index (κ2) is 8.56. The van der Waals surface area contributed by atoms with Crippen LogP contribution in [0.1, 0.15) is 24.4 Å². The Balaban J connectivity index is 1.31. The maximum atomic E-state index is 14.4. The Bertz CT molecular complexity index is 1210. The normalized spacial score (nSPS) is 22.7. The fraction of sp³-hybridized carbons (Fsp3) is 0.522. The number of piperidine rings is 1. The third-order valence-corrected chi connectivity index (χ3v) is 6.95. The molecule has 1 unspecified atom stereocenters. The van der Waals surface area contributed by atoms with Crippen LogP contribution in [0.15, 0.2) is 30.6 Å². The van der Waals surface area contributed by atoms with Crippen molar-refractivity contribution in [2.45, 2.75) is 38.3 Å². The number of fused-ring (bicyclic) bond motifs is 3. The summed E-state index contributed by atoms with van der Waals surface area (Å²) in [6.07, 6.45) is -0.419. The first-order chi connectivity index (χ1) is 16.5. The van der Waals surface area contributed by atoms with Crippen molar-refractivity contribution in [2.75, 3.05) is 24.6 Å². The predicted octanol–water partition coefficient (Wildman–Crippen LogP) is 4.85. The molecule has 12 heteroatoms. The fourth-order valence-corrected chi connectivity index (χ4v) is 5.22. The molecule has 4 heterocycles. The molecule has 0 spiro atoms. The zero-order chi connectivity index (χ0) is 25.0. The van der Waals surface area contributed by atoms with Crippen LogP contribution in [0.3, 0.4) is 0 Å². The van der Waals surface area contributed by atoms with Crippen LogP contribution in [0.4, 0.5) is 32.0 Å². The van der Waals surface area contributed by atoms with Crippen LogP contribution in [0.5, 0.6) is 5.75 Å². The van der Waals surface area contributed by atoms with E-state index < -0.39 is 18.7 Å². The molecule has 0 radical (unpaired) electrons. The van der Waals surface area contributed by atoms with Gasteiger partial charge in [-0.25, -0.2) is 13.9 Å². The first-order valence-corrected chi connectivity index (χ1v) is 11.3. The Morgan fingerprint density at radius 1 is 1.11 bits per heavy atom. The number of aromatic nitrogens is 4. The van der Waals surface area contributed by atoms with Gasteiger partial charge in [0.2, 0.25) is 0 Å². The van der Waals surface area contributed by atoms with E-state index in [0.717, 1.165) is 18.5 Å². The molecule has 0 N–H and O–H groups in total. The van der Waals surface area contributed by atoms with Crippen molar-refractivity contribution in [3.63, 3.8) is 0 Å². The topological polar surface area (TPSA) is 55.6 Å². The number of anilines is 1. The average Bonchev–Trinajstić information content (AvgIpc) is 3.29. The lowest BCUT2D eigenvalue weighted by Crippen LogP contribution is -2.43. The highest BCUT2D eigenvalue weighted by Crippen LogP contribution is 2.45. The van der Waals surface area contributed by atoms with Gasteiger partial charge >= 0.3 is 12.1 Å². The van der Waals surface area contributed by atoms with E-state index in [4.69, 9.17) is 4.74 Å². The van der Waals surface area contributed by atoms with Crippen molar-refractivity contribution in [3.8, 4) is 5.75 Å². The summed E-state index contributed by atoms with van der Waals surface area (Å²) in [6.45, 7) is 1.36. The van der Waals surface area contributed by atoms with Crippen LogP contribution in [-0.2, 0) is 6.42 Å². The summed E-state index contributed by atoms with van der Waals surface area (Å²) in [4.78, 5) is 10.4. The van der Waals surface area contributed by atoms with E-state index in [1.807, 2.05) is 6.92 Å². The van der Waals surface area contributed by atoms with Gasteiger partial charge in [-0.2, -0.15) is 27.1 Å². The molecule has 1 saturated carbocycles. The summed E-state index contributed by atoms with van der Waals surface area (Å²) >= 11 is 0. The van der Waals surface area contributed by atoms with Gasteiger partial charge in [0, 0.05) is 31.4 Å². The van der Waals surface area contributed by atoms with Crippen molar-refractivity contribution < 1.29 is 31.1 Å². The van der Waals surface area contributed by atoms with Gasteiger partial charge in [0.1, 0.15) is 0 Å². The number of aryl methyl sites for hydroxylation is 1. The van der Waals surface area contributed by atoms with Crippen LogP contribution in [0.2, 0.25) is 0 Å². The first kappa shape index (κ1) is 23.7. The molecule has 1 aliphatic heterocycles. The Hall–Kier alpha value is -3.05. The highest BCUT2D eigenvalue weighted by molar-refractivity contribution is 5.53. The standard InChI is InChI=1S/C23H23F6N5O/c1-13-7-18(17(24)9-30-13)33-10-14-4-5-15(11-33)16(14)8-20-31-21-19(3-2-6-34(21)32-20)35-12-22(25,26)23(27,28)29/h2-3,6-7,9,14-16H,4-5,8,10-12H2,1H3/t14-,15+,16?. The van der Waals surface area contributed by atoms with Gasteiger partial charge in [-0.15, -0.1) is 0 Å². The number of nitrogens with zero attached hydrogens (tertiary/aromatic N) is 5. The maximum Gasteiger partial charge on any atom is 0.456 e. The molecule has 3 atom stereocenters. The lowest BCUT2D eigenvalue weighted by atomic mass is 9.82. The van der Waals surface area contributed by atoms with Gasteiger partial charge in [0.05, 0.1) is 11.9 Å². The quantitative estimate of drug-likeness (QED) is 0.454. The molecule has 0 amide bonds. The van der Waals surface area contributed by atoms with Crippen molar-refractivity contribution >= 4 is 11.3 Å². The third-order valence-electron chi connectivity index (χ3n) is 6.95. The molecule has 188 valence electrons. The average molecular weight is 499 g/mol. The highest BCUT2D eigenvalue weighted by atomic mass is 19.4. The monoisotopic (exact) mass is 499 g/mol. The van der Waals surface area contributed by atoms with Crippen molar-refractivity contribution in [1.29, 1.82) is 0 Å². The van der Waals surface area contributed by atoms with Gasteiger partial charge < -0.3 is 9.64 Å². The van der Waals surface area contributed by atoms with Gasteiger partial charge in [0.25, 0.3) is 0 Å². The minimum atomic E-state index is -5.71. The number of halogens is 6. The van der Waals surface area contributed by atoms with Crippen molar-refractivity contribution in [1.82, 2.24) is 19.6 Å². The molecule has 1 aliphatic carbocycles. The lowest BCUT2D eigenvalue weighted by molar-refractivity contribution is -0.289. The van der Waals surface area contributed by atoms with E-state index in [-0.39, 0.29) is 23.1 Å². The molecular weight excluding hydrogens is 476 g/mol. The number of hydrogen-bond acceptors (Lipinski definition) is 5. The molecule has 0 aromatic carbocycles. The molecule has 2 fully saturated rings. The zero-order valence-electron chi connectivity index (χ0n) is 18.8. The summed E-state index contributed by atoms with van der Waals surface area (Å²) < 4.78 is 84.6. The minimum Gasteiger partial charge on any atom is -0.483 e. The molecule has 2 aliphatic rings. The summed E-state index contributed by atoms with van der Waals surface area (Å²) in [7, 11) is 0. The number of pyridine rings is 2. The van der Waals surface area contributed by atoms with E-state index in [2.05, 4.69) is 20.0 Å². The van der Waals surface area contributed by atoms with Gasteiger partial charge in [-0.05, 0) is 55.7 Å². The van der Waals surface area contributed by atoms with Crippen LogP contribution < -0.4 is 9.64 Å². The molecule has 5 rings (SSSR count). The minimum absolute atomic E-state index is 0.0830. The summed E-state index contributed by atoms with van der Waals surface area (Å²) in [5, 5.41) is 4.39. The molecular formula is C23H23F6N5O. The van der Waals surface area contributed by atoms with E-state index >= 15 is 0 Å². The first-order valence-electron chi connectivity index (χ1n) is 11.3. The Morgan fingerprint density at radius 3 is 2.51 bits per heavy atom. The van der Waals surface area contributed by atoms with Gasteiger partial charge in [0.15, 0.2) is 29.6 Å². The van der Waals surface area contributed by atoms with Crippen molar-refractivity contribution in [3.05, 3.63) is 47.9 Å². The smallest absolute Gasteiger partial charge is 0.456 e. The van der Waals surface area contributed by atoms with Gasteiger partial charge in [-0.3, -0.25) is 4.98 Å². The van der Waals surface area contributed by atoms with Crippen LogP contribution in [0, 0.1) is 30.5 Å².